The Morgan fingerprint density at radius 2 is 2.07 bits per heavy atom. The van der Waals surface area contributed by atoms with Gasteiger partial charge in [-0.3, -0.25) is 19.4 Å². The van der Waals surface area contributed by atoms with Crippen LogP contribution in [0, 0.1) is 0 Å². The van der Waals surface area contributed by atoms with E-state index in [0.29, 0.717) is 42.5 Å². The van der Waals surface area contributed by atoms with Crippen molar-refractivity contribution in [2.24, 2.45) is 12.2 Å². The van der Waals surface area contributed by atoms with Crippen LogP contribution in [0.2, 0.25) is 5.02 Å². The summed E-state index contributed by atoms with van der Waals surface area (Å²) in [5.74, 6) is -0.349. The van der Waals surface area contributed by atoms with E-state index in [0.717, 1.165) is 24.0 Å². The van der Waals surface area contributed by atoms with E-state index in [9.17, 15) is 9.59 Å². The molecule has 1 aromatic carbocycles. The first kappa shape index (κ1) is 19.3. The number of nitrogens with two attached hydrogens (primary N) is 1. The van der Waals surface area contributed by atoms with E-state index < -0.39 is 0 Å². The fourth-order valence-corrected chi connectivity index (χ4v) is 4.27. The van der Waals surface area contributed by atoms with E-state index in [2.05, 4.69) is 10.4 Å². The molecule has 7 nitrogen and oxygen atoms in total. The van der Waals surface area contributed by atoms with Crippen molar-refractivity contribution in [2.75, 3.05) is 13.1 Å². The molecule has 0 bridgehead atoms. The Balaban J connectivity index is 1.48. The van der Waals surface area contributed by atoms with Gasteiger partial charge in [0.25, 0.3) is 11.8 Å². The molecule has 2 aliphatic rings. The number of nitrogens with one attached hydrogen (secondary N) is 1. The molecule has 0 saturated heterocycles. The van der Waals surface area contributed by atoms with Crippen molar-refractivity contribution in [2.45, 2.75) is 30.6 Å². The van der Waals surface area contributed by atoms with E-state index in [1.165, 1.54) is 16.6 Å². The highest BCUT2D eigenvalue weighted by molar-refractivity contribution is 7.98. The minimum atomic E-state index is -0.274. The summed E-state index contributed by atoms with van der Waals surface area (Å²) in [6, 6.07) is 7.29. The molecule has 9 heteroatoms. The highest BCUT2D eigenvalue weighted by atomic mass is 35.5. The average molecular weight is 420 g/mol. The van der Waals surface area contributed by atoms with Gasteiger partial charge in [0.2, 0.25) is 0 Å². The topological polar surface area (TPSA) is 93.2 Å². The smallest absolute Gasteiger partial charge is 0.272 e. The summed E-state index contributed by atoms with van der Waals surface area (Å²) < 4.78 is 1.53. The van der Waals surface area contributed by atoms with Gasteiger partial charge in [0, 0.05) is 42.0 Å². The van der Waals surface area contributed by atoms with Gasteiger partial charge in [-0.25, -0.2) is 0 Å². The van der Waals surface area contributed by atoms with Crippen molar-refractivity contribution in [3.63, 3.8) is 0 Å². The fourth-order valence-electron chi connectivity index (χ4n) is 3.57. The quantitative estimate of drug-likeness (QED) is 0.700. The zero-order valence-electron chi connectivity index (χ0n) is 15.6. The third-order valence-corrected chi connectivity index (χ3v) is 6.67. The first-order valence-electron chi connectivity index (χ1n) is 9.18. The molecule has 0 spiro atoms. The number of hydrogen-bond acceptors (Lipinski definition) is 5. The Hall–Kier alpha value is -2.03. The first-order chi connectivity index (χ1) is 13.4. The molecule has 1 aromatic heterocycles. The van der Waals surface area contributed by atoms with E-state index in [1.54, 1.807) is 19.2 Å². The van der Waals surface area contributed by atoms with Gasteiger partial charge >= 0.3 is 0 Å². The lowest BCUT2D eigenvalue weighted by Gasteiger charge is -2.30. The summed E-state index contributed by atoms with van der Waals surface area (Å²) in [4.78, 5) is 27.5. The molecular formula is C19H22ClN5O2S. The molecule has 28 heavy (non-hydrogen) atoms. The number of aromatic nitrogens is 2. The van der Waals surface area contributed by atoms with Crippen molar-refractivity contribution in [3.8, 4) is 0 Å². The minimum Gasteiger partial charge on any atom is -0.347 e. The lowest BCUT2D eigenvalue weighted by molar-refractivity contribution is 0.0725. The van der Waals surface area contributed by atoms with Crippen LogP contribution < -0.4 is 10.5 Å². The maximum absolute atomic E-state index is 13.0. The van der Waals surface area contributed by atoms with Gasteiger partial charge in [0.05, 0.1) is 0 Å². The molecule has 1 fully saturated rings. The molecule has 148 valence electrons. The van der Waals surface area contributed by atoms with Crippen LogP contribution in [0.25, 0.3) is 0 Å². The zero-order chi connectivity index (χ0) is 19.9. The van der Waals surface area contributed by atoms with Crippen LogP contribution >= 0.6 is 23.5 Å². The molecule has 1 aliphatic heterocycles. The van der Waals surface area contributed by atoms with Gasteiger partial charge in [0.15, 0.2) is 5.69 Å². The van der Waals surface area contributed by atoms with Crippen LogP contribution in [0.4, 0.5) is 0 Å². The number of halogens is 1. The second kappa shape index (κ2) is 7.42. The molecular weight excluding hydrogens is 398 g/mol. The Kier molecular flexibility index (Phi) is 5.11. The standard InChI is InChI=1S/C19H22ClN5O2S/c1-24-16-14(6-9-25(18(16)27)11-19(28-21)7-8-19)15(23-24)17(26)22-10-12-2-4-13(20)5-3-12/h2-5H,6-11,21H2,1H3,(H,22,26). The Labute approximate surface area is 172 Å². The highest BCUT2D eigenvalue weighted by Gasteiger charge is 2.46. The highest BCUT2D eigenvalue weighted by Crippen LogP contribution is 2.46. The number of amides is 2. The van der Waals surface area contributed by atoms with Crippen molar-refractivity contribution < 1.29 is 9.59 Å². The molecule has 2 heterocycles. The number of fused-ring (bicyclic) bond motifs is 1. The van der Waals surface area contributed by atoms with Gasteiger partial charge in [-0.2, -0.15) is 5.10 Å². The van der Waals surface area contributed by atoms with E-state index in [-0.39, 0.29) is 16.6 Å². The number of rotatable bonds is 6. The predicted octanol–water partition coefficient (Wildman–Crippen LogP) is 2.14. The Bertz CT molecular complexity index is 923. The summed E-state index contributed by atoms with van der Waals surface area (Å²) in [7, 11) is 1.71. The summed E-state index contributed by atoms with van der Waals surface area (Å²) in [5.41, 5.74) is 2.50. The summed E-state index contributed by atoms with van der Waals surface area (Å²) in [6.07, 6.45) is 2.69. The fraction of sp³-hybridized carbons (Fsp3) is 0.421. The molecule has 1 saturated carbocycles. The zero-order valence-corrected chi connectivity index (χ0v) is 17.1. The number of nitrogens with zero attached hydrogens (tertiary/aromatic N) is 3. The predicted molar refractivity (Wildman–Crippen MR) is 109 cm³/mol. The molecule has 0 atom stereocenters. The molecule has 1 aliphatic carbocycles. The average Bonchev–Trinajstić information content (AvgIpc) is 3.38. The van der Waals surface area contributed by atoms with Crippen molar-refractivity contribution in [3.05, 3.63) is 51.8 Å². The van der Waals surface area contributed by atoms with Crippen LogP contribution in [0.1, 0.15) is 44.9 Å². The normalized spacial score (nSPS) is 17.4. The van der Waals surface area contributed by atoms with Gasteiger partial charge < -0.3 is 10.2 Å². The van der Waals surface area contributed by atoms with E-state index in [1.807, 2.05) is 17.0 Å². The van der Waals surface area contributed by atoms with Gasteiger partial charge in [-0.15, -0.1) is 0 Å². The van der Waals surface area contributed by atoms with Crippen LogP contribution in [-0.2, 0) is 20.0 Å². The first-order valence-corrected chi connectivity index (χ1v) is 10.4. The largest absolute Gasteiger partial charge is 0.347 e. The molecule has 3 N–H and O–H groups in total. The summed E-state index contributed by atoms with van der Waals surface area (Å²) >= 11 is 7.23. The molecule has 2 amide bonds. The van der Waals surface area contributed by atoms with E-state index in [4.69, 9.17) is 16.7 Å². The van der Waals surface area contributed by atoms with Gasteiger partial charge in [-0.05, 0) is 37.0 Å². The Morgan fingerprint density at radius 1 is 1.36 bits per heavy atom. The van der Waals surface area contributed by atoms with Crippen molar-refractivity contribution in [1.82, 2.24) is 20.0 Å². The number of benzene rings is 1. The number of aryl methyl sites for hydroxylation is 1. The molecule has 0 radical (unpaired) electrons. The number of carbonyl (C=O) groups excluding carboxylic acids is 2. The third kappa shape index (κ3) is 3.64. The third-order valence-electron chi connectivity index (χ3n) is 5.38. The maximum Gasteiger partial charge on any atom is 0.272 e. The van der Waals surface area contributed by atoms with E-state index >= 15 is 0 Å². The van der Waals surface area contributed by atoms with Crippen LogP contribution in [0.5, 0.6) is 0 Å². The van der Waals surface area contributed by atoms with Crippen LogP contribution in [0.15, 0.2) is 24.3 Å². The number of carbonyl (C=O) groups is 2. The second-order valence-electron chi connectivity index (χ2n) is 7.39. The second-order valence-corrected chi connectivity index (χ2v) is 8.92. The number of hydrogen-bond donors (Lipinski definition) is 2. The molecule has 2 aromatic rings. The van der Waals surface area contributed by atoms with Gasteiger partial charge in [-0.1, -0.05) is 35.7 Å². The van der Waals surface area contributed by atoms with Crippen LogP contribution in [0.3, 0.4) is 0 Å². The van der Waals surface area contributed by atoms with Crippen LogP contribution in [-0.4, -0.2) is 44.3 Å². The summed E-state index contributed by atoms with van der Waals surface area (Å²) in [6.45, 7) is 1.60. The SMILES string of the molecule is Cn1nc(C(=O)NCc2ccc(Cl)cc2)c2c1C(=O)N(CC1(SN)CC1)CC2. The lowest BCUT2D eigenvalue weighted by atomic mass is 10.0. The van der Waals surface area contributed by atoms with Gasteiger partial charge in [0.1, 0.15) is 5.69 Å². The maximum atomic E-state index is 13.0. The minimum absolute atomic E-state index is 0.00451. The molecule has 0 unspecified atom stereocenters. The monoisotopic (exact) mass is 419 g/mol. The Morgan fingerprint density at radius 3 is 2.71 bits per heavy atom. The lowest BCUT2D eigenvalue weighted by Crippen LogP contribution is -2.43. The summed E-state index contributed by atoms with van der Waals surface area (Å²) in [5, 5.41) is 13.7. The molecule has 4 rings (SSSR count). The van der Waals surface area contributed by atoms with Crippen molar-refractivity contribution >= 4 is 35.4 Å². The van der Waals surface area contributed by atoms with Crippen molar-refractivity contribution in [1.29, 1.82) is 0 Å².